The standard InChI is InChI=1S/C23H33N3O4/c1-16-14-18(6-9-20(16)30-22(29)24-2)25-12-3-10-23(15-25)11-13-26(21(23)28)17-4-7-19(27)8-5-17/h6,9,14,17,19,27H,3-5,7-8,10-13,15H2,1-2H3,(H,24,29). The average molecular weight is 416 g/mol. The Kier molecular flexibility index (Phi) is 5.91. The lowest BCUT2D eigenvalue weighted by molar-refractivity contribution is -0.139. The molecule has 2 amide bonds. The third-order valence-electron chi connectivity index (χ3n) is 7.16. The summed E-state index contributed by atoms with van der Waals surface area (Å²) in [6, 6.07) is 6.14. The fourth-order valence-corrected chi connectivity index (χ4v) is 5.39. The number of amides is 2. The summed E-state index contributed by atoms with van der Waals surface area (Å²) in [5, 5.41) is 12.3. The molecule has 0 bridgehead atoms. The van der Waals surface area contributed by atoms with Crippen LogP contribution in [0.2, 0.25) is 0 Å². The second kappa shape index (κ2) is 8.46. The average Bonchev–Trinajstić information content (AvgIpc) is 3.05. The molecule has 1 aliphatic carbocycles. The van der Waals surface area contributed by atoms with Crippen molar-refractivity contribution in [3.63, 3.8) is 0 Å². The van der Waals surface area contributed by atoms with Gasteiger partial charge in [0.05, 0.1) is 11.5 Å². The molecule has 2 aliphatic heterocycles. The Hall–Kier alpha value is -2.28. The van der Waals surface area contributed by atoms with Gasteiger partial charge >= 0.3 is 6.09 Å². The number of aryl methyl sites for hydroxylation is 1. The van der Waals surface area contributed by atoms with Crippen LogP contribution >= 0.6 is 0 Å². The maximum atomic E-state index is 13.5. The molecule has 30 heavy (non-hydrogen) atoms. The lowest BCUT2D eigenvalue weighted by atomic mass is 9.78. The minimum atomic E-state index is -0.477. The lowest BCUT2D eigenvalue weighted by Crippen LogP contribution is -2.50. The minimum absolute atomic E-state index is 0.198. The lowest BCUT2D eigenvalue weighted by Gasteiger charge is -2.41. The maximum absolute atomic E-state index is 13.5. The van der Waals surface area contributed by atoms with Crippen molar-refractivity contribution in [1.29, 1.82) is 0 Å². The molecule has 1 aromatic rings. The summed E-state index contributed by atoms with van der Waals surface area (Å²) in [5.41, 5.74) is 1.68. The third-order valence-corrected chi connectivity index (χ3v) is 7.16. The molecular formula is C23H33N3O4. The number of carbonyl (C=O) groups is 2. The van der Waals surface area contributed by atoms with Crippen LogP contribution in [0.25, 0.3) is 0 Å². The van der Waals surface area contributed by atoms with Gasteiger partial charge in [-0.3, -0.25) is 4.79 Å². The number of ether oxygens (including phenoxy) is 1. The number of hydrogen-bond acceptors (Lipinski definition) is 5. The Balaban J connectivity index is 1.46. The van der Waals surface area contributed by atoms with Gasteiger partial charge in [-0.1, -0.05) is 0 Å². The first-order valence-corrected chi connectivity index (χ1v) is 11.2. The number of aliphatic hydroxyl groups is 1. The Morgan fingerprint density at radius 1 is 1.20 bits per heavy atom. The van der Waals surface area contributed by atoms with Crippen LogP contribution in [0.15, 0.2) is 18.2 Å². The maximum Gasteiger partial charge on any atom is 0.412 e. The van der Waals surface area contributed by atoms with Gasteiger partial charge in [-0.25, -0.2) is 4.79 Å². The van der Waals surface area contributed by atoms with Crippen LogP contribution in [0.4, 0.5) is 10.5 Å². The Bertz CT molecular complexity index is 806. The van der Waals surface area contributed by atoms with E-state index in [1.54, 1.807) is 0 Å². The van der Waals surface area contributed by atoms with Gasteiger partial charge in [-0.2, -0.15) is 0 Å². The molecular weight excluding hydrogens is 382 g/mol. The van der Waals surface area contributed by atoms with E-state index in [9.17, 15) is 14.7 Å². The zero-order chi connectivity index (χ0) is 21.3. The Morgan fingerprint density at radius 3 is 2.67 bits per heavy atom. The van der Waals surface area contributed by atoms with Crippen LogP contribution in [0.1, 0.15) is 50.5 Å². The summed E-state index contributed by atoms with van der Waals surface area (Å²) >= 11 is 0. The first kappa shape index (κ1) is 21.0. The van der Waals surface area contributed by atoms with Gasteiger partial charge in [-0.05, 0) is 75.6 Å². The zero-order valence-electron chi connectivity index (χ0n) is 18.0. The highest BCUT2D eigenvalue weighted by Gasteiger charge is 2.50. The van der Waals surface area contributed by atoms with Gasteiger partial charge in [0.25, 0.3) is 0 Å². The molecule has 7 nitrogen and oxygen atoms in total. The summed E-state index contributed by atoms with van der Waals surface area (Å²) in [5.74, 6) is 0.859. The van der Waals surface area contributed by atoms with Crippen LogP contribution in [-0.2, 0) is 4.79 Å². The number of nitrogens with zero attached hydrogens (tertiary/aromatic N) is 2. The molecule has 2 N–H and O–H groups in total. The van der Waals surface area contributed by atoms with Crippen molar-refractivity contribution in [3.05, 3.63) is 23.8 Å². The fourth-order valence-electron chi connectivity index (χ4n) is 5.39. The number of hydrogen-bond donors (Lipinski definition) is 2. The predicted molar refractivity (Wildman–Crippen MR) is 115 cm³/mol. The van der Waals surface area contributed by atoms with E-state index >= 15 is 0 Å². The van der Waals surface area contributed by atoms with Gasteiger partial charge < -0.3 is 25.0 Å². The summed E-state index contributed by atoms with van der Waals surface area (Å²) in [6.07, 6.45) is 5.62. The van der Waals surface area contributed by atoms with Crippen LogP contribution in [0.5, 0.6) is 5.75 Å². The van der Waals surface area contributed by atoms with E-state index in [1.165, 1.54) is 7.05 Å². The van der Waals surface area contributed by atoms with Crippen LogP contribution in [0.3, 0.4) is 0 Å². The van der Waals surface area contributed by atoms with Crippen molar-refractivity contribution in [2.24, 2.45) is 5.41 Å². The van der Waals surface area contributed by atoms with E-state index in [2.05, 4.69) is 15.1 Å². The van der Waals surface area contributed by atoms with Gasteiger partial charge in [0.2, 0.25) is 5.91 Å². The second-order valence-electron chi connectivity index (χ2n) is 9.11. The molecule has 0 aromatic heterocycles. The normalized spacial score (nSPS) is 29.4. The number of likely N-dealkylation sites (tertiary alicyclic amines) is 1. The van der Waals surface area contributed by atoms with Gasteiger partial charge in [0.15, 0.2) is 0 Å². The number of nitrogens with one attached hydrogen (secondary N) is 1. The third kappa shape index (κ3) is 4.00. The fraction of sp³-hybridized carbons (Fsp3) is 0.652. The summed E-state index contributed by atoms with van der Waals surface area (Å²) in [6.45, 7) is 4.44. The van der Waals surface area contributed by atoms with Crippen LogP contribution in [-0.4, -0.2) is 60.8 Å². The molecule has 3 fully saturated rings. The Labute approximate surface area is 178 Å². The van der Waals surface area contributed by atoms with Crippen molar-refractivity contribution in [2.75, 3.05) is 31.6 Å². The molecule has 4 rings (SSSR count). The monoisotopic (exact) mass is 415 g/mol. The number of anilines is 1. The summed E-state index contributed by atoms with van der Waals surface area (Å²) < 4.78 is 5.29. The van der Waals surface area contributed by atoms with E-state index in [1.807, 2.05) is 25.1 Å². The van der Waals surface area contributed by atoms with Crippen LogP contribution in [0, 0.1) is 12.3 Å². The molecule has 7 heteroatoms. The molecule has 0 radical (unpaired) electrons. The summed E-state index contributed by atoms with van der Waals surface area (Å²) in [7, 11) is 1.54. The number of benzene rings is 1. The van der Waals surface area contributed by atoms with Crippen molar-refractivity contribution in [2.45, 2.75) is 64.0 Å². The minimum Gasteiger partial charge on any atom is -0.410 e. The van der Waals surface area contributed by atoms with Crippen LogP contribution < -0.4 is 15.0 Å². The first-order valence-electron chi connectivity index (χ1n) is 11.2. The van der Waals surface area contributed by atoms with Gasteiger partial charge in [0, 0.05) is 38.4 Å². The molecule has 1 atom stereocenters. The second-order valence-corrected chi connectivity index (χ2v) is 9.11. The van der Waals surface area contributed by atoms with E-state index in [-0.39, 0.29) is 11.5 Å². The highest BCUT2D eigenvalue weighted by Crippen LogP contribution is 2.43. The molecule has 1 saturated carbocycles. The SMILES string of the molecule is CNC(=O)Oc1ccc(N2CCCC3(CCN(C4CCC(O)CC4)C3=O)C2)cc1C. The van der Waals surface area contributed by atoms with Crippen molar-refractivity contribution < 1.29 is 19.4 Å². The van der Waals surface area contributed by atoms with E-state index < -0.39 is 6.09 Å². The Morgan fingerprint density at radius 2 is 1.97 bits per heavy atom. The highest BCUT2D eigenvalue weighted by atomic mass is 16.6. The van der Waals surface area contributed by atoms with E-state index in [4.69, 9.17) is 4.74 Å². The van der Waals surface area contributed by atoms with Crippen molar-refractivity contribution >= 4 is 17.7 Å². The number of piperidine rings is 1. The smallest absolute Gasteiger partial charge is 0.410 e. The molecule has 1 spiro atoms. The predicted octanol–water partition coefficient (Wildman–Crippen LogP) is 2.84. The molecule has 3 aliphatic rings. The summed E-state index contributed by atoms with van der Waals surface area (Å²) in [4.78, 5) is 29.4. The van der Waals surface area contributed by atoms with Crippen molar-refractivity contribution in [3.8, 4) is 5.75 Å². The zero-order valence-corrected chi connectivity index (χ0v) is 18.0. The number of rotatable bonds is 3. The van der Waals surface area contributed by atoms with Gasteiger partial charge in [0.1, 0.15) is 5.75 Å². The first-order chi connectivity index (χ1) is 14.4. The largest absolute Gasteiger partial charge is 0.412 e. The van der Waals surface area contributed by atoms with Crippen molar-refractivity contribution in [1.82, 2.24) is 10.2 Å². The topological polar surface area (TPSA) is 82.1 Å². The number of aliphatic hydroxyl groups excluding tert-OH is 1. The molecule has 1 aromatic carbocycles. The van der Waals surface area contributed by atoms with E-state index in [0.29, 0.717) is 17.7 Å². The highest BCUT2D eigenvalue weighted by molar-refractivity contribution is 5.86. The van der Waals surface area contributed by atoms with Gasteiger partial charge in [-0.15, -0.1) is 0 Å². The molecule has 164 valence electrons. The number of carbonyl (C=O) groups excluding carboxylic acids is 2. The molecule has 2 saturated heterocycles. The quantitative estimate of drug-likeness (QED) is 0.793. The molecule has 1 unspecified atom stereocenters. The van der Waals surface area contributed by atoms with E-state index in [0.717, 1.165) is 75.8 Å². The molecule has 2 heterocycles.